The lowest BCUT2D eigenvalue weighted by Gasteiger charge is -2.46. The van der Waals surface area contributed by atoms with Gasteiger partial charge in [0.1, 0.15) is 0 Å². The van der Waals surface area contributed by atoms with Crippen molar-refractivity contribution in [2.24, 2.45) is 5.92 Å². The van der Waals surface area contributed by atoms with Gasteiger partial charge in [-0.05, 0) is 51.3 Å². The second-order valence-corrected chi connectivity index (χ2v) is 5.83. The lowest BCUT2D eigenvalue weighted by Crippen LogP contribution is -2.51. The normalized spacial score (nSPS) is 22.8. The second kappa shape index (κ2) is 4.63. The highest BCUT2D eigenvalue weighted by Gasteiger charge is 2.37. The molecular weight excluding hydrogens is 226 g/mol. The Labute approximate surface area is 108 Å². The predicted octanol–water partition coefficient (Wildman–Crippen LogP) is 3.07. The lowest BCUT2D eigenvalue weighted by atomic mass is 9.82. The summed E-state index contributed by atoms with van der Waals surface area (Å²) in [6.45, 7) is 7.16. The first-order valence-corrected chi connectivity index (χ1v) is 6.47. The molecule has 0 radical (unpaired) electrons. The summed E-state index contributed by atoms with van der Waals surface area (Å²) in [5, 5.41) is 9.15. The molecule has 1 heterocycles. The molecular formula is C15H21NO2. The zero-order chi connectivity index (χ0) is 13.3. The number of benzene rings is 1. The maximum Gasteiger partial charge on any atom is 0.306 e. The Morgan fingerprint density at radius 3 is 2.72 bits per heavy atom. The van der Waals surface area contributed by atoms with Crippen LogP contribution in [0.1, 0.15) is 32.3 Å². The molecule has 1 aliphatic rings. The average Bonchev–Trinajstić information content (AvgIpc) is 2.27. The third-order valence-electron chi connectivity index (χ3n) is 3.84. The SMILES string of the molecule is Cc1cccc(N2CCC(C(=O)O)CC2(C)C)c1. The van der Waals surface area contributed by atoms with Gasteiger partial charge < -0.3 is 10.0 Å². The standard InChI is InChI=1S/C15H21NO2/c1-11-5-4-6-13(9-11)16-8-7-12(14(17)18)10-15(16,2)3/h4-6,9,12H,7-8,10H2,1-3H3,(H,17,18). The van der Waals surface area contributed by atoms with Gasteiger partial charge in [-0.3, -0.25) is 4.79 Å². The van der Waals surface area contributed by atoms with Crippen molar-refractivity contribution in [2.75, 3.05) is 11.4 Å². The van der Waals surface area contributed by atoms with Crippen LogP contribution in [0, 0.1) is 12.8 Å². The van der Waals surface area contributed by atoms with Gasteiger partial charge in [-0.2, -0.15) is 0 Å². The second-order valence-electron chi connectivity index (χ2n) is 5.83. The van der Waals surface area contributed by atoms with Crippen LogP contribution in [0.2, 0.25) is 0 Å². The van der Waals surface area contributed by atoms with Gasteiger partial charge in [-0.25, -0.2) is 0 Å². The Morgan fingerprint density at radius 2 is 2.17 bits per heavy atom. The van der Waals surface area contributed by atoms with Gasteiger partial charge in [0.2, 0.25) is 0 Å². The Kier molecular flexibility index (Phi) is 3.33. The number of anilines is 1. The third kappa shape index (κ3) is 2.50. The molecule has 0 aromatic heterocycles. The summed E-state index contributed by atoms with van der Waals surface area (Å²) in [6.07, 6.45) is 1.43. The maximum atomic E-state index is 11.1. The zero-order valence-corrected chi connectivity index (χ0v) is 11.3. The van der Waals surface area contributed by atoms with E-state index in [1.54, 1.807) is 0 Å². The van der Waals surface area contributed by atoms with E-state index in [0.29, 0.717) is 6.42 Å². The molecule has 1 aromatic carbocycles. The van der Waals surface area contributed by atoms with E-state index in [1.165, 1.54) is 11.3 Å². The van der Waals surface area contributed by atoms with E-state index in [1.807, 2.05) is 0 Å². The van der Waals surface area contributed by atoms with E-state index in [9.17, 15) is 4.79 Å². The average molecular weight is 247 g/mol. The van der Waals surface area contributed by atoms with Crippen LogP contribution in [0.25, 0.3) is 0 Å². The van der Waals surface area contributed by atoms with E-state index in [4.69, 9.17) is 5.11 Å². The molecule has 1 N–H and O–H groups in total. The van der Waals surface area contributed by atoms with Gasteiger partial charge in [0, 0.05) is 17.8 Å². The highest BCUT2D eigenvalue weighted by Crippen LogP contribution is 2.35. The van der Waals surface area contributed by atoms with Crippen LogP contribution in [-0.2, 0) is 4.79 Å². The molecule has 0 aliphatic carbocycles. The summed E-state index contributed by atoms with van der Waals surface area (Å²) in [5.74, 6) is -0.868. The molecule has 0 saturated carbocycles. The molecule has 1 aliphatic heterocycles. The van der Waals surface area contributed by atoms with Gasteiger partial charge in [-0.1, -0.05) is 12.1 Å². The van der Waals surface area contributed by atoms with Crippen LogP contribution in [0.4, 0.5) is 5.69 Å². The van der Waals surface area contributed by atoms with Crippen molar-refractivity contribution in [3.8, 4) is 0 Å². The molecule has 0 amide bonds. The number of aliphatic carboxylic acids is 1. The van der Waals surface area contributed by atoms with E-state index >= 15 is 0 Å². The fourth-order valence-corrected chi connectivity index (χ4v) is 2.89. The summed E-state index contributed by atoms with van der Waals surface area (Å²) in [6, 6.07) is 8.42. The van der Waals surface area contributed by atoms with E-state index < -0.39 is 5.97 Å². The van der Waals surface area contributed by atoms with Crippen molar-refractivity contribution in [3.05, 3.63) is 29.8 Å². The van der Waals surface area contributed by atoms with Crippen molar-refractivity contribution in [2.45, 2.75) is 39.2 Å². The monoisotopic (exact) mass is 247 g/mol. The molecule has 18 heavy (non-hydrogen) atoms. The number of hydrogen-bond acceptors (Lipinski definition) is 2. The Balaban J connectivity index is 2.23. The van der Waals surface area contributed by atoms with Crippen LogP contribution in [-0.4, -0.2) is 23.2 Å². The molecule has 1 atom stereocenters. The summed E-state index contributed by atoms with van der Waals surface area (Å²) in [4.78, 5) is 13.5. The first-order valence-electron chi connectivity index (χ1n) is 6.47. The number of hydrogen-bond donors (Lipinski definition) is 1. The number of aryl methyl sites for hydroxylation is 1. The van der Waals surface area contributed by atoms with Crippen LogP contribution in [0.15, 0.2) is 24.3 Å². The molecule has 3 heteroatoms. The summed E-state index contributed by atoms with van der Waals surface area (Å²) in [7, 11) is 0. The summed E-state index contributed by atoms with van der Waals surface area (Å²) >= 11 is 0. The number of carbonyl (C=O) groups is 1. The molecule has 2 rings (SSSR count). The fourth-order valence-electron chi connectivity index (χ4n) is 2.89. The molecule has 1 saturated heterocycles. The predicted molar refractivity (Wildman–Crippen MR) is 73.0 cm³/mol. The first kappa shape index (κ1) is 12.9. The fraction of sp³-hybridized carbons (Fsp3) is 0.533. The quantitative estimate of drug-likeness (QED) is 0.873. The minimum absolute atomic E-state index is 0.102. The van der Waals surface area contributed by atoms with Gasteiger partial charge >= 0.3 is 5.97 Å². The van der Waals surface area contributed by atoms with Gasteiger partial charge in [0.25, 0.3) is 0 Å². The van der Waals surface area contributed by atoms with Gasteiger partial charge in [-0.15, -0.1) is 0 Å². The van der Waals surface area contributed by atoms with Crippen molar-refractivity contribution < 1.29 is 9.90 Å². The number of piperidine rings is 1. The van der Waals surface area contributed by atoms with Gasteiger partial charge in [0.15, 0.2) is 0 Å². The smallest absolute Gasteiger partial charge is 0.306 e. The molecule has 1 unspecified atom stereocenters. The number of nitrogens with zero attached hydrogens (tertiary/aromatic N) is 1. The van der Waals surface area contributed by atoms with Crippen LogP contribution >= 0.6 is 0 Å². The summed E-state index contributed by atoms with van der Waals surface area (Å²) < 4.78 is 0. The van der Waals surface area contributed by atoms with Crippen molar-refractivity contribution in [3.63, 3.8) is 0 Å². The molecule has 0 spiro atoms. The third-order valence-corrected chi connectivity index (χ3v) is 3.84. The molecule has 1 aromatic rings. The Bertz CT molecular complexity index is 454. The van der Waals surface area contributed by atoms with Crippen molar-refractivity contribution >= 4 is 11.7 Å². The van der Waals surface area contributed by atoms with Crippen LogP contribution in [0.3, 0.4) is 0 Å². The Morgan fingerprint density at radius 1 is 1.44 bits per heavy atom. The molecule has 0 bridgehead atoms. The zero-order valence-electron chi connectivity index (χ0n) is 11.3. The number of carboxylic acid groups (broad SMARTS) is 1. The molecule has 98 valence electrons. The lowest BCUT2D eigenvalue weighted by molar-refractivity contribution is -0.143. The van der Waals surface area contributed by atoms with Crippen LogP contribution < -0.4 is 4.90 Å². The molecule has 1 fully saturated rings. The first-order chi connectivity index (χ1) is 8.40. The summed E-state index contributed by atoms with van der Waals surface area (Å²) in [5.41, 5.74) is 2.34. The maximum absolute atomic E-state index is 11.1. The number of rotatable bonds is 2. The highest BCUT2D eigenvalue weighted by atomic mass is 16.4. The highest BCUT2D eigenvalue weighted by molar-refractivity contribution is 5.71. The topological polar surface area (TPSA) is 40.5 Å². The van der Waals surface area contributed by atoms with Crippen LogP contribution in [0.5, 0.6) is 0 Å². The number of carboxylic acids is 1. The minimum atomic E-state index is -0.660. The minimum Gasteiger partial charge on any atom is -0.481 e. The largest absolute Gasteiger partial charge is 0.481 e. The van der Waals surface area contributed by atoms with Gasteiger partial charge in [0.05, 0.1) is 5.92 Å². The van der Waals surface area contributed by atoms with E-state index in [0.717, 1.165) is 13.0 Å². The Hall–Kier alpha value is -1.51. The van der Waals surface area contributed by atoms with E-state index in [2.05, 4.69) is 49.9 Å². The van der Waals surface area contributed by atoms with Crippen molar-refractivity contribution in [1.82, 2.24) is 0 Å². The van der Waals surface area contributed by atoms with Crippen molar-refractivity contribution in [1.29, 1.82) is 0 Å². The molecule has 3 nitrogen and oxygen atoms in total. The van der Waals surface area contributed by atoms with E-state index in [-0.39, 0.29) is 11.5 Å².